The van der Waals surface area contributed by atoms with Gasteiger partial charge in [0.1, 0.15) is 6.54 Å². The van der Waals surface area contributed by atoms with E-state index in [0.29, 0.717) is 18.8 Å². The molecular formula is C15H21N5O. The number of nitrogens with two attached hydrogens (primary N) is 1. The number of nitrogen functional groups attached to an aromatic ring is 1. The third-order valence-corrected chi connectivity index (χ3v) is 3.58. The van der Waals surface area contributed by atoms with Gasteiger partial charge in [-0.2, -0.15) is 5.10 Å². The molecule has 0 saturated heterocycles. The van der Waals surface area contributed by atoms with Crippen LogP contribution in [0.15, 0.2) is 24.5 Å². The summed E-state index contributed by atoms with van der Waals surface area (Å²) in [5, 5.41) is 4.31. The Morgan fingerprint density at radius 2 is 2.00 bits per heavy atom. The molecule has 0 unspecified atom stereocenters. The SMILES string of the molecule is CCN(Cc1ccncc1)C(=O)Cn1nc(C)c(N)c1C. The van der Waals surface area contributed by atoms with E-state index in [2.05, 4.69) is 10.1 Å². The first kappa shape index (κ1) is 15.0. The van der Waals surface area contributed by atoms with Crippen LogP contribution in [0.5, 0.6) is 0 Å². The first-order valence-electron chi connectivity index (χ1n) is 6.99. The Labute approximate surface area is 124 Å². The van der Waals surface area contributed by atoms with Gasteiger partial charge in [0.05, 0.1) is 17.1 Å². The largest absolute Gasteiger partial charge is 0.396 e. The van der Waals surface area contributed by atoms with Crippen molar-refractivity contribution in [3.05, 3.63) is 41.5 Å². The van der Waals surface area contributed by atoms with E-state index in [4.69, 9.17) is 5.73 Å². The van der Waals surface area contributed by atoms with E-state index >= 15 is 0 Å². The van der Waals surface area contributed by atoms with Crippen molar-refractivity contribution in [1.82, 2.24) is 19.7 Å². The summed E-state index contributed by atoms with van der Waals surface area (Å²) in [5.74, 6) is 0.0277. The van der Waals surface area contributed by atoms with E-state index in [1.807, 2.05) is 32.9 Å². The predicted molar refractivity (Wildman–Crippen MR) is 81.4 cm³/mol. The molecule has 2 heterocycles. The lowest BCUT2D eigenvalue weighted by molar-refractivity contribution is -0.132. The molecule has 0 saturated carbocycles. The molecule has 0 aliphatic rings. The van der Waals surface area contributed by atoms with Crippen molar-refractivity contribution in [1.29, 1.82) is 0 Å². The summed E-state index contributed by atoms with van der Waals surface area (Å²) in [6.07, 6.45) is 3.46. The van der Waals surface area contributed by atoms with E-state index in [1.165, 1.54) is 0 Å². The lowest BCUT2D eigenvalue weighted by Crippen LogP contribution is -2.33. The molecule has 0 bridgehead atoms. The summed E-state index contributed by atoms with van der Waals surface area (Å²) in [5.41, 5.74) is 9.21. The van der Waals surface area contributed by atoms with Crippen LogP contribution < -0.4 is 5.73 Å². The standard InChI is InChI=1S/C15H21N5O/c1-4-19(9-13-5-7-17-8-6-13)14(21)10-20-12(3)15(16)11(2)18-20/h5-8H,4,9-10,16H2,1-3H3. The molecule has 0 aliphatic carbocycles. The maximum Gasteiger partial charge on any atom is 0.244 e. The second kappa shape index (κ2) is 6.39. The second-order valence-corrected chi connectivity index (χ2v) is 5.01. The average molecular weight is 287 g/mol. The van der Waals surface area contributed by atoms with Crippen LogP contribution in [0.1, 0.15) is 23.9 Å². The van der Waals surface area contributed by atoms with Crippen LogP contribution in [-0.4, -0.2) is 32.1 Å². The van der Waals surface area contributed by atoms with E-state index in [9.17, 15) is 4.79 Å². The zero-order valence-corrected chi connectivity index (χ0v) is 12.7. The summed E-state index contributed by atoms with van der Waals surface area (Å²) >= 11 is 0. The molecule has 2 rings (SSSR count). The Morgan fingerprint density at radius 3 is 2.52 bits per heavy atom. The third-order valence-electron chi connectivity index (χ3n) is 3.58. The second-order valence-electron chi connectivity index (χ2n) is 5.01. The topological polar surface area (TPSA) is 77.0 Å². The lowest BCUT2D eigenvalue weighted by Gasteiger charge is -2.21. The molecule has 1 amide bonds. The zero-order chi connectivity index (χ0) is 15.4. The number of rotatable bonds is 5. The lowest BCUT2D eigenvalue weighted by atomic mass is 10.2. The number of aryl methyl sites for hydroxylation is 1. The molecule has 21 heavy (non-hydrogen) atoms. The Balaban J connectivity index is 2.08. The van der Waals surface area contributed by atoms with Gasteiger partial charge in [0.25, 0.3) is 0 Å². The van der Waals surface area contributed by atoms with Gasteiger partial charge < -0.3 is 10.6 Å². The molecule has 0 aromatic carbocycles. The summed E-state index contributed by atoms with van der Waals surface area (Å²) in [4.78, 5) is 18.2. The molecule has 0 radical (unpaired) electrons. The van der Waals surface area contributed by atoms with Crippen LogP contribution in [0.4, 0.5) is 5.69 Å². The van der Waals surface area contributed by atoms with Crippen LogP contribution >= 0.6 is 0 Å². The highest BCUT2D eigenvalue weighted by Crippen LogP contribution is 2.15. The van der Waals surface area contributed by atoms with Gasteiger partial charge in [0, 0.05) is 25.5 Å². The van der Waals surface area contributed by atoms with Gasteiger partial charge in [-0.25, -0.2) is 0 Å². The van der Waals surface area contributed by atoms with Crippen LogP contribution in [0.3, 0.4) is 0 Å². The average Bonchev–Trinajstić information content (AvgIpc) is 2.73. The van der Waals surface area contributed by atoms with Crippen molar-refractivity contribution in [3.8, 4) is 0 Å². The molecule has 0 aliphatic heterocycles. The summed E-state index contributed by atoms with van der Waals surface area (Å²) in [6, 6.07) is 3.83. The van der Waals surface area contributed by atoms with Crippen molar-refractivity contribution >= 4 is 11.6 Å². The van der Waals surface area contributed by atoms with Crippen molar-refractivity contribution in [2.24, 2.45) is 0 Å². The number of pyridine rings is 1. The fraction of sp³-hybridized carbons (Fsp3) is 0.400. The molecule has 6 heteroatoms. The Morgan fingerprint density at radius 1 is 1.33 bits per heavy atom. The Bertz CT molecular complexity index is 620. The smallest absolute Gasteiger partial charge is 0.244 e. The van der Waals surface area contributed by atoms with Crippen molar-refractivity contribution in [3.63, 3.8) is 0 Å². The van der Waals surface area contributed by atoms with Crippen LogP contribution in [0, 0.1) is 13.8 Å². The van der Waals surface area contributed by atoms with E-state index < -0.39 is 0 Å². The quantitative estimate of drug-likeness (QED) is 0.904. The number of aromatic nitrogens is 3. The first-order valence-corrected chi connectivity index (χ1v) is 6.99. The minimum absolute atomic E-state index is 0.0277. The highest BCUT2D eigenvalue weighted by Gasteiger charge is 2.16. The van der Waals surface area contributed by atoms with Crippen LogP contribution in [0.25, 0.3) is 0 Å². The summed E-state index contributed by atoms with van der Waals surface area (Å²) < 4.78 is 1.67. The van der Waals surface area contributed by atoms with E-state index in [1.54, 1.807) is 22.0 Å². The van der Waals surface area contributed by atoms with Crippen molar-refractivity contribution in [2.75, 3.05) is 12.3 Å². The third kappa shape index (κ3) is 3.39. The first-order chi connectivity index (χ1) is 10.0. The maximum atomic E-state index is 12.4. The minimum Gasteiger partial charge on any atom is -0.396 e. The number of hydrogen-bond donors (Lipinski definition) is 1. The van der Waals surface area contributed by atoms with Gasteiger partial charge in [-0.1, -0.05) is 0 Å². The number of amides is 1. The fourth-order valence-electron chi connectivity index (χ4n) is 2.18. The molecule has 0 spiro atoms. The van der Waals surface area contributed by atoms with Crippen LogP contribution in [-0.2, 0) is 17.9 Å². The van der Waals surface area contributed by atoms with Gasteiger partial charge in [0.15, 0.2) is 0 Å². The molecule has 2 N–H and O–H groups in total. The van der Waals surface area contributed by atoms with Crippen LogP contribution in [0.2, 0.25) is 0 Å². The number of likely N-dealkylation sites (N-methyl/N-ethyl adjacent to an activating group) is 1. The maximum absolute atomic E-state index is 12.4. The summed E-state index contributed by atoms with van der Waals surface area (Å²) in [6.45, 7) is 7.12. The van der Waals surface area contributed by atoms with Gasteiger partial charge in [-0.05, 0) is 38.5 Å². The molecule has 0 fully saturated rings. The minimum atomic E-state index is 0.0277. The fourth-order valence-corrected chi connectivity index (χ4v) is 2.18. The molecule has 2 aromatic rings. The van der Waals surface area contributed by atoms with Crippen molar-refractivity contribution in [2.45, 2.75) is 33.9 Å². The van der Waals surface area contributed by atoms with Gasteiger partial charge in [-0.15, -0.1) is 0 Å². The highest BCUT2D eigenvalue weighted by atomic mass is 16.2. The van der Waals surface area contributed by atoms with Gasteiger partial charge >= 0.3 is 0 Å². The molecular weight excluding hydrogens is 266 g/mol. The molecule has 2 aromatic heterocycles. The zero-order valence-electron chi connectivity index (χ0n) is 12.7. The number of carbonyl (C=O) groups excluding carboxylic acids is 1. The number of nitrogens with zero attached hydrogens (tertiary/aromatic N) is 4. The molecule has 6 nitrogen and oxygen atoms in total. The van der Waals surface area contributed by atoms with E-state index in [-0.39, 0.29) is 12.5 Å². The molecule has 0 atom stereocenters. The molecule has 112 valence electrons. The predicted octanol–water partition coefficient (Wildman–Crippen LogP) is 1.53. The van der Waals surface area contributed by atoms with Gasteiger partial charge in [0.2, 0.25) is 5.91 Å². The number of hydrogen-bond acceptors (Lipinski definition) is 4. The monoisotopic (exact) mass is 287 g/mol. The highest BCUT2D eigenvalue weighted by molar-refractivity contribution is 5.76. The Hall–Kier alpha value is -2.37. The summed E-state index contributed by atoms with van der Waals surface area (Å²) in [7, 11) is 0. The van der Waals surface area contributed by atoms with E-state index in [0.717, 1.165) is 17.0 Å². The van der Waals surface area contributed by atoms with Crippen molar-refractivity contribution < 1.29 is 4.79 Å². The number of anilines is 1. The normalized spacial score (nSPS) is 10.6. The number of carbonyl (C=O) groups is 1. The van der Waals surface area contributed by atoms with Gasteiger partial charge in [-0.3, -0.25) is 14.5 Å². The Kier molecular flexibility index (Phi) is 4.57.